The van der Waals surface area contributed by atoms with Crippen LogP contribution in [-0.4, -0.2) is 37.1 Å². The van der Waals surface area contributed by atoms with Crippen molar-refractivity contribution in [3.8, 4) is 0 Å². The van der Waals surface area contributed by atoms with Crippen LogP contribution < -0.4 is 10.6 Å². The minimum Gasteiger partial charge on any atom is -0.376 e. The summed E-state index contributed by atoms with van der Waals surface area (Å²) < 4.78 is 11.9. The third kappa shape index (κ3) is 2.99. The minimum atomic E-state index is -2.24. The van der Waals surface area contributed by atoms with Crippen molar-refractivity contribution in [2.45, 2.75) is 6.54 Å². The zero-order valence-electron chi connectivity index (χ0n) is 11.7. The number of carbonyl (C=O) groups is 2. The lowest BCUT2D eigenvalue weighted by Gasteiger charge is -2.10. The maximum atomic E-state index is 11.9. The number of nitrogens with one attached hydrogen (secondary N) is 1. The van der Waals surface area contributed by atoms with E-state index in [9.17, 15) is 14.2 Å². The molecule has 20 heavy (non-hydrogen) atoms. The third-order valence-electron chi connectivity index (χ3n) is 3.17. The molecule has 0 aromatic heterocycles. The van der Waals surface area contributed by atoms with E-state index >= 15 is 0 Å². The van der Waals surface area contributed by atoms with Crippen molar-refractivity contribution in [2.75, 3.05) is 20.4 Å². The molecule has 6 heteroatoms. The summed E-state index contributed by atoms with van der Waals surface area (Å²) in [6, 6.07) is 7.40. The fourth-order valence-electron chi connectivity index (χ4n) is 1.86. The number of imide groups is 1. The van der Waals surface area contributed by atoms with Gasteiger partial charge in [-0.05, 0) is 18.9 Å². The highest BCUT2D eigenvalue weighted by Crippen LogP contribution is 2.34. The molecule has 0 atom stereocenters. The van der Waals surface area contributed by atoms with Gasteiger partial charge in [0, 0.05) is 25.0 Å². The zero-order chi connectivity index (χ0) is 14.9. The van der Waals surface area contributed by atoms with Crippen LogP contribution in [0, 0.1) is 0 Å². The molecule has 1 heterocycles. The molecular weight excluding hydrogens is 275 g/mol. The van der Waals surface area contributed by atoms with Crippen LogP contribution in [0.25, 0.3) is 0 Å². The smallest absolute Gasteiger partial charge is 0.276 e. The van der Waals surface area contributed by atoms with Gasteiger partial charge in [-0.25, -0.2) is 0 Å². The summed E-state index contributed by atoms with van der Waals surface area (Å²) >= 11 is 0. The highest BCUT2D eigenvalue weighted by molar-refractivity contribution is 7.70. The first-order valence-corrected chi connectivity index (χ1v) is 8.81. The van der Waals surface area contributed by atoms with Gasteiger partial charge < -0.3 is 9.88 Å². The molecule has 0 unspecified atom stereocenters. The average Bonchev–Trinajstić information content (AvgIpc) is 2.63. The molecule has 0 radical (unpaired) electrons. The Morgan fingerprint density at radius 1 is 1.15 bits per heavy atom. The van der Waals surface area contributed by atoms with E-state index in [-0.39, 0.29) is 11.8 Å². The second kappa shape index (κ2) is 5.25. The summed E-state index contributed by atoms with van der Waals surface area (Å²) in [6.07, 6.45) is 1.29. The van der Waals surface area contributed by atoms with E-state index in [2.05, 4.69) is 5.32 Å². The van der Waals surface area contributed by atoms with Crippen LogP contribution in [0.2, 0.25) is 0 Å². The number of carbonyl (C=O) groups excluding carboxylic acids is 2. The van der Waals surface area contributed by atoms with Crippen molar-refractivity contribution < 1.29 is 14.2 Å². The summed E-state index contributed by atoms with van der Waals surface area (Å²) in [4.78, 5) is 24.0. The number of rotatable bonds is 4. The Bertz CT molecular complexity index is 628. The van der Waals surface area contributed by atoms with Gasteiger partial charge in [-0.2, -0.15) is 0 Å². The monoisotopic (exact) mass is 292 g/mol. The third-order valence-corrected chi connectivity index (χ3v) is 4.72. The van der Waals surface area contributed by atoms with Crippen LogP contribution >= 0.6 is 7.14 Å². The van der Waals surface area contributed by atoms with E-state index in [0.717, 1.165) is 15.8 Å². The van der Waals surface area contributed by atoms with E-state index in [4.69, 9.17) is 0 Å². The highest BCUT2D eigenvalue weighted by atomic mass is 31.2. The zero-order valence-corrected chi connectivity index (χ0v) is 12.6. The first kappa shape index (κ1) is 14.5. The SMILES string of the molecule is CN1C(=O)C=C(NCc2ccc(P(C)(C)=O)cc2)C1=O. The molecule has 5 nitrogen and oxygen atoms in total. The summed E-state index contributed by atoms with van der Waals surface area (Å²) in [5, 5.41) is 3.77. The Labute approximate surface area is 118 Å². The molecule has 2 rings (SSSR count). The number of hydrogen-bond acceptors (Lipinski definition) is 4. The number of benzene rings is 1. The first-order chi connectivity index (χ1) is 9.29. The van der Waals surface area contributed by atoms with Crippen molar-refractivity contribution in [3.63, 3.8) is 0 Å². The van der Waals surface area contributed by atoms with Gasteiger partial charge >= 0.3 is 0 Å². The molecule has 1 aromatic rings. The minimum absolute atomic E-state index is 0.304. The molecule has 1 aromatic carbocycles. The van der Waals surface area contributed by atoms with Gasteiger partial charge in [-0.15, -0.1) is 0 Å². The second-order valence-corrected chi connectivity index (χ2v) is 8.35. The number of hydrogen-bond donors (Lipinski definition) is 1. The normalized spacial score (nSPS) is 15.6. The van der Waals surface area contributed by atoms with Crippen molar-refractivity contribution in [3.05, 3.63) is 41.6 Å². The van der Waals surface area contributed by atoms with Crippen molar-refractivity contribution in [2.24, 2.45) is 0 Å². The predicted molar refractivity (Wildman–Crippen MR) is 78.2 cm³/mol. The second-order valence-electron chi connectivity index (χ2n) is 5.13. The first-order valence-electron chi connectivity index (χ1n) is 6.21. The van der Waals surface area contributed by atoms with E-state index < -0.39 is 7.14 Å². The maximum absolute atomic E-state index is 11.9. The van der Waals surface area contributed by atoms with Crippen LogP contribution in [0.1, 0.15) is 5.56 Å². The molecule has 0 fully saturated rings. The fourth-order valence-corrected chi connectivity index (χ4v) is 2.73. The Kier molecular flexibility index (Phi) is 3.82. The lowest BCUT2D eigenvalue weighted by molar-refractivity contribution is -0.135. The largest absolute Gasteiger partial charge is 0.376 e. The maximum Gasteiger partial charge on any atom is 0.276 e. The Morgan fingerprint density at radius 3 is 2.20 bits per heavy atom. The lowest BCUT2D eigenvalue weighted by Crippen LogP contribution is -2.29. The molecule has 1 aliphatic rings. The molecular formula is C14H17N2O3P. The van der Waals surface area contributed by atoms with Crippen LogP contribution in [0.4, 0.5) is 0 Å². The topological polar surface area (TPSA) is 66.5 Å². The molecule has 0 bridgehead atoms. The standard InChI is InChI=1S/C14H17N2O3P/c1-16-13(17)8-12(14(16)18)15-9-10-4-6-11(7-5-10)20(2,3)19/h4-8,15H,9H2,1-3H3. The molecule has 0 spiro atoms. The number of likely N-dealkylation sites (N-methyl/N-ethyl adjacent to an activating group) is 1. The summed E-state index contributed by atoms with van der Waals surface area (Å²) in [5.41, 5.74) is 1.26. The van der Waals surface area contributed by atoms with Gasteiger partial charge in [0.1, 0.15) is 12.8 Å². The Hall–Kier alpha value is -1.87. The van der Waals surface area contributed by atoms with Gasteiger partial charge in [-0.3, -0.25) is 14.5 Å². The molecule has 2 amide bonds. The van der Waals surface area contributed by atoms with Crippen LogP contribution in [0.15, 0.2) is 36.0 Å². The summed E-state index contributed by atoms with van der Waals surface area (Å²) in [5.74, 6) is -0.635. The average molecular weight is 292 g/mol. The Balaban J connectivity index is 2.02. The van der Waals surface area contributed by atoms with E-state index in [1.54, 1.807) is 13.3 Å². The quantitative estimate of drug-likeness (QED) is 0.661. The van der Waals surface area contributed by atoms with E-state index in [1.807, 2.05) is 24.3 Å². The van der Waals surface area contributed by atoms with Crippen LogP contribution in [0.3, 0.4) is 0 Å². The predicted octanol–water partition coefficient (Wildman–Crippen LogP) is 0.907. The van der Waals surface area contributed by atoms with Crippen molar-refractivity contribution in [1.82, 2.24) is 10.2 Å². The van der Waals surface area contributed by atoms with Gasteiger partial charge in [0.25, 0.3) is 11.8 Å². The van der Waals surface area contributed by atoms with Gasteiger partial charge in [0.05, 0.1) is 0 Å². The molecule has 0 saturated heterocycles. The van der Waals surface area contributed by atoms with Crippen molar-refractivity contribution in [1.29, 1.82) is 0 Å². The van der Waals surface area contributed by atoms with Gasteiger partial charge in [-0.1, -0.05) is 24.3 Å². The molecule has 0 aliphatic carbocycles. The van der Waals surface area contributed by atoms with E-state index in [0.29, 0.717) is 12.2 Å². The lowest BCUT2D eigenvalue weighted by atomic mass is 10.2. The summed E-state index contributed by atoms with van der Waals surface area (Å²) in [6.45, 7) is 3.89. The van der Waals surface area contributed by atoms with Crippen molar-refractivity contribution >= 4 is 24.3 Å². The highest BCUT2D eigenvalue weighted by Gasteiger charge is 2.27. The van der Waals surface area contributed by atoms with Gasteiger partial charge in [0.15, 0.2) is 0 Å². The molecule has 106 valence electrons. The van der Waals surface area contributed by atoms with E-state index in [1.165, 1.54) is 13.1 Å². The van der Waals surface area contributed by atoms with Gasteiger partial charge in [0.2, 0.25) is 0 Å². The molecule has 1 aliphatic heterocycles. The molecule has 0 saturated carbocycles. The number of amides is 2. The summed E-state index contributed by atoms with van der Waals surface area (Å²) in [7, 11) is -0.792. The Morgan fingerprint density at radius 2 is 1.75 bits per heavy atom. The molecule has 1 N–H and O–H groups in total. The van der Waals surface area contributed by atoms with Crippen LogP contribution in [0.5, 0.6) is 0 Å². The van der Waals surface area contributed by atoms with Crippen LogP contribution in [-0.2, 0) is 20.7 Å². The fraction of sp³-hybridized carbons (Fsp3) is 0.286. The number of nitrogens with zero attached hydrogens (tertiary/aromatic N) is 1.